The van der Waals surface area contributed by atoms with Crippen LogP contribution in [-0.4, -0.2) is 26.6 Å². The molecule has 3 aromatic rings. The van der Waals surface area contributed by atoms with Gasteiger partial charge in [0.05, 0.1) is 12.1 Å². The van der Waals surface area contributed by atoms with Gasteiger partial charge in [-0.05, 0) is 19.4 Å². The first-order valence-electron chi connectivity index (χ1n) is 8.60. The number of rotatable bonds is 7. The highest BCUT2D eigenvalue weighted by atomic mass is 16.3. The van der Waals surface area contributed by atoms with Crippen molar-refractivity contribution in [2.75, 3.05) is 6.54 Å². The summed E-state index contributed by atoms with van der Waals surface area (Å²) in [6.45, 7) is 5.14. The maximum absolute atomic E-state index is 10.3. The molecule has 130 valence electrons. The van der Waals surface area contributed by atoms with Crippen LogP contribution in [-0.2, 0) is 6.54 Å². The lowest BCUT2D eigenvalue weighted by Gasteiger charge is -2.11. The highest BCUT2D eigenvalue weighted by Gasteiger charge is 2.15. The van der Waals surface area contributed by atoms with Crippen molar-refractivity contribution in [3.8, 4) is 11.3 Å². The fourth-order valence-electron chi connectivity index (χ4n) is 2.64. The maximum atomic E-state index is 10.3. The van der Waals surface area contributed by atoms with E-state index in [4.69, 9.17) is 0 Å². The van der Waals surface area contributed by atoms with E-state index in [1.807, 2.05) is 60.7 Å². The van der Waals surface area contributed by atoms with Crippen molar-refractivity contribution in [3.63, 3.8) is 0 Å². The first-order valence-corrected chi connectivity index (χ1v) is 8.60. The summed E-state index contributed by atoms with van der Waals surface area (Å²) in [6, 6.07) is 19.9. The number of aromatic nitrogens is 3. The minimum atomic E-state index is -0.540. The van der Waals surface area contributed by atoms with Crippen LogP contribution in [0.2, 0.25) is 0 Å². The van der Waals surface area contributed by atoms with E-state index < -0.39 is 6.10 Å². The van der Waals surface area contributed by atoms with Crippen LogP contribution in [0, 0.1) is 0 Å². The second kappa shape index (κ2) is 8.05. The summed E-state index contributed by atoms with van der Waals surface area (Å²) >= 11 is 0. The molecule has 0 radical (unpaired) electrons. The number of hydrogen-bond acceptors (Lipinski definition) is 4. The molecular formula is C20H24N4O. The molecule has 0 aliphatic carbocycles. The second-order valence-electron chi connectivity index (χ2n) is 6.33. The van der Waals surface area contributed by atoms with E-state index in [1.165, 1.54) is 0 Å². The quantitative estimate of drug-likeness (QED) is 0.694. The third-order valence-corrected chi connectivity index (χ3v) is 4.02. The average molecular weight is 336 g/mol. The van der Waals surface area contributed by atoms with Gasteiger partial charge in [0.25, 0.3) is 0 Å². The number of benzene rings is 2. The molecule has 0 amide bonds. The van der Waals surface area contributed by atoms with Gasteiger partial charge in [-0.2, -0.15) is 15.0 Å². The lowest BCUT2D eigenvalue weighted by molar-refractivity contribution is 0.174. The van der Waals surface area contributed by atoms with Crippen molar-refractivity contribution in [3.05, 3.63) is 71.9 Å². The number of hydrogen-bond donors (Lipinski definition) is 2. The minimum Gasteiger partial charge on any atom is -0.387 e. The van der Waals surface area contributed by atoms with E-state index in [0.29, 0.717) is 13.1 Å². The van der Waals surface area contributed by atoms with Gasteiger partial charge in [-0.15, -0.1) is 0 Å². The molecular weight excluding hydrogens is 312 g/mol. The summed E-state index contributed by atoms with van der Waals surface area (Å²) < 4.78 is 0. The summed E-state index contributed by atoms with van der Waals surface area (Å²) in [5, 5.41) is 22.8. The SMILES string of the molecule is CC(C)n1nc(CNC[C@@H](O)c2ccccc2)c(-c2ccccc2)n1. The van der Waals surface area contributed by atoms with Gasteiger partial charge < -0.3 is 10.4 Å². The van der Waals surface area contributed by atoms with Gasteiger partial charge in [0.2, 0.25) is 0 Å². The monoisotopic (exact) mass is 336 g/mol. The summed E-state index contributed by atoms with van der Waals surface area (Å²) in [4.78, 5) is 1.74. The van der Waals surface area contributed by atoms with Crippen LogP contribution >= 0.6 is 0 Å². The minimum absolute atomic E-state index is 0.200. The molecule has 1 atom stereocenters. The Bertz CT molecular complexity index is 784. The van der Waals surface area contributed by atoms with Crippen molar-refractivity contribution < 1.29 is 5.11 Å². The summed E-state index contributed by atoms with van der Waals surface area (Å²) in [5.41, 5.74) is 3.73. The van der Waals surface area contributed by atoms with Crippen LogP contribution in [0.4, 0.5) is 0 Å². The average Bonchev–Trinajstić information content (AvgIpc) is 3.07. The molecule has 0 saturated carbocycles. The van der Waals surface area contributed by atoms with Gasteiger partial charge in [-0.3, -0.25) is 0 Å². The molecule has 0 fully saturated rings. The predicted molar refractivity (Wildman–Crippen MR) is 99.0 cm³/mol. The fraction of sp³-hybridized carbons (Fsp3) is 0.300. The van der Waals surface area contributed by atoms with Crippen molar-refractivity contribution in [1.82, 2.24) is 20.3 Å². The Morgan fingerprint density at radius 3 is 2.24 bits per heavy atom. The van der Waals surface area contributed by atoms with E-state index in [1.54, 1.807) is 4.80 Å². The van der Waals surface area contributed by atoms with Gasteiger partial charge >= 0.3 is 0 Å². The van der Waals surface area contributed by atoms with Gasteiger partial charge in [0.1, 0.15) is 11.4 Å². The Morgan fingerprint density at radius 1 is 0.960 bits per heavy atom. The molecule has 1 heterocycles. The smallest absolute Gasteiger partial charge is 0.117 e. The van der Waals surface area contributed by atoms with Crippen LogP contribution in [0.3, 0.4) is 0 Å². The topological polar surface area (TPSA) is 63.0 Å². The largest absolute Gasteiger partial charge is 0.387 e. The Labute approximate surface area is 148 Å². The lowest BCUT2D eigenvalue weighted by Crippen LogP contribution is -2.21. The molecule has 1 aromatic heterocycles. The molecule has 0 bridgehead atoms. The summed E-state index contributed by atoms with van der Waals surface area (Å²) in [6.07, 6.45) is -0.540. The van der Waals surface area contributed by atoms with Crippen LogP contribution in [0.15, 0.2) is 60.7 Å². The highest BCUT2D eigenvalue weighted by Crippen LogP contribution is 2.21. The zero-order valence-electron chi connectivity index (χ0n) is 14.6. The molecule has 2 aromatic carbocycles. The van der Waals surface area contributed by atoms with E-state index in [-0.39, 0.29) is 6.04 Å². The predicted octanol–water partition coefficient (Wildman–Crippen LogP) is 3.35. The van der Waals surface area contributed by atoms with Crippen LogP contribution < -0.4 is 5.32 Å². The van der Waals surface area contributed by atoms with E-state index in [0.717, 1.165) is 22.5 Å². The van der Waals surface area contributed by atoms with Crippen molar-refractivity contribution in [2.45, 2.75) is 32.5 Å². The second-order valence-corrected chi connectivity index (χ2v) is 6.33. The first-order chi connectivity index (χ1) is 12.1. The van der Waals surface area contributed by atoms with Crippen LogP contribution in [0.1, 0.15) is 37.3 Å². The Kier molecular flexibility index (Phi) is 5.58. The molecule has 25 heavy (non-hydrogen) atoms. The summed E-state index contributed by atoms with van der Waals surface area (Å²) in [5.74, 6) is 0. The zero-order chi connectivity index (χ0) is 17.6. The molecule has 3 rings (SSSR count). The normalized spacial score (nSPS) is 12.5. The Balaban J connectivity index is 1.71. The zero-order valence-corrected chi connectivity index (χ0v) is 14.6. The number of aliphatic hydroxyl groups is 1. The molecule has 0 aliphatic rings. The number of aliphatic hydroxyl groups excluding tert-OH is 1. The van der Waals surface area contributed by atoms with E-state index in [2.05, 4.69) is 29.4 Å². The Hall–Kier alpha value is -2.50. The van der Waals surface area contributed by atoms with Crippen LogP contribution in [0.25, 0.3) is 11.3 Å². The van der Waals surface area contributed by atoms with Gasteiger partial charge in [0, 0.05) is 18.7 Å². The molecule has 0 saturated heterocycles. The molecule has 0 aliphatic heterocycles. The molecule has 5 nitrogen and oxygen atoms in total. The molecule has 0 unspecified atom stereocenters. The third kappa shape index (κ3) is 4.32. The van der Waals surface area contributed by atoms with Gasteiger partial charge in [-0.25, -0.2) is 0 Å². The molecule has 2 N–H and O–H groups in total. The van der Waals surface area contributed by atoms with Gasteiger partial charge in [0.15, 0.2) is 0 Å². The molecule has 5 heteroatoms. The fourth-order valence-corrected chi connectivity index (χ4v) is 2.64. The van der Waals surface area contributed by atoms with E-state index >= 15 is 0 Å². The first kappa shape index (κ1) is 17.3. The Morgan fingerprint density at radius 2 is 1.60 bits per heavy atom. The van der Waals surface area contributed by atoms with E-state index in [9.17, 15) is 5.11 Å². The third-order valence-electron chi connectivity index (χ3n) is 4.02. The summed E-state index contributed by atoms with van der Waals surface area (Å²) in [7, 11) is 0. The van der Waals surface area contributed by atoms with Crippen molar-refractivity contribution >= 4 is 0 Å². The number of nitrogens with one attached hydrogen (secondary N) is 1. The van der Waals surface area contributed by atoms with Gasteiger partial charge in [-0.1, -0.05) is 60.7 Å². The molecule has 0 spiro atoms. The van der Waals surface area contributed by atoms with Crippen molar-refractivity contribution in [1.29, 1.82) is 0 Å². The van der Waals surface area contributed by atoms with Crippen LogP contribution in [0.5, 0.6) is 0 Å². The lowest BCUT2D eigenvalue weighted by atomic mass is 10.1. The van der Waals surface area contributed by atoms with Crippen molar-refractivity contribution in [2.24, 2.45) is 0 Å². The standard InChI is InChI=1S/C20H24N4O/c1-15(2)24-22-18(20(23-24)17-11-7-4-8-12-17)13-21-14-19(25)16-9-5-3-6-10-16/h3-12,15,19,21,25H,13-14H2,1-2H3/t19-/m1/s1. The highest BCUT2D eigenvalue weighted by molar-refractivity contribution is 5.60. The maximum Gasteiger partial charge on any atom is 0.117 e. The number of nitrogens with zero attached hydrogens (tertiary/aromatic N) is 3.